The van der Waals surface area contributed by atoms with E-state index in [-0.39, 0.29) is 12.6 Å². The summed E-state index contributed by atoms with van der Waals surface area (Å²) >= 11 is 0. The first-order valence-corrected chi connectivity index (χ1v) is 6.14. The molecular formula is C14H21O4. The topological polar surface area (TPSA) is 36.9 Å². The van der Waals surface area contributed by atoms with E-state index in [9.17, 15) is 0 Å². The second-order valence-electron chi connectivity index (χ2n) is 3.76. The van der Waals surface area contributed by atoms with Crippen LogP contribution in [-0.2, 0) is 9.47 Å². The molecule has 0 saturated carbocycles. The van der Waals surface area contributed by atoms with Crippen LogP contribution in [-0.4, -0.2) is 26.8 Å². The highest BCUT2D eigenvalue weighted by molar-refractivity contribution is 5.39. The second kappa shape index (κ2) is 7.95. The molecule has 0 fully saturated rings. The van der Waals surface area contributed by atoms with Crippen LogP contribution in [0.4, 0.5) is 0 Å². The van der Waals surface area contributed by atoms with E-state index in [1.54, 1.807) is 32.4 Å². The summed E-state index contributed by atoms with van der Waals surface area (Å²) in [4.78, 5) is 0. The number of methoxy groups -OCH3 is 2. The SMILES string of the molecule is CCC(OC)Oc1c[c]ccc1OC(CC)OC. The van der Waals surface area contributed by atoms with E-state index in [2.05, 4.69) is 6.07 Å². The van der Waals surface area contributed by atoms with E-state index in [1.165, 1.54) is 0 Å². The first-order valence-electron chi connectivity index (χ1n) is 6.14. The third kappa shape index (κ3) is 4.20. The lowest BCUT2D eigenvalue weighted by atomic mass is 10.3. The summed E-state index contributed by atoms with van der Waals surface area (Å²) in [5.41, 5.74) is 0. The first-order chi connectivity index (χ1) is 8.74. The van der Waals surface area contributed by atoms with Gasteiger partial charge in [-0.15, -0.1) is 0 Å². The zero-order chi connectivity index (χ0) is 13.4. The van der Waals surface area contributed by atoms with Gasteiger partial charge < -0.3 is 18.9 Å². The summed E-state index contributed by atoms with van der Waals surface area (Å²) < 4.78 is 21.8. The van der Waals surface area contributed by atoms with Gasteiger partial charge in [-0.05, 0) is 18.2 Å². The summed E-state index contributed by atoms with van der Waals surface area (Å²) in [6.07, 6.45) is 0.950. The molecule has 0 spiro atoms. The van der Waals surface area contributed by atoms with Crippen LogP contribution in [0.2, 0.25) is 0 Å². The van der Waals surface area contributed by atoms with Crippen LogP contribution in [0.1, 0.15) is 26.7 Å². The van der Waals surface area contributed by atoms with E-state index in [0.717, 1.165) is 12.8 Å². The Kier molecular flexibility index (Phi) is 6.54. The van der Waals surface area contributed by atoms with Crippen LogP contribution in [0, 0.1) is 6.07 Å². The molecule has 1 aromatic rings. The minimum absolute atomic E-state index is 0.280. The molecule has 101 valence electrons. The highest BCUT2D eigenvalue weighted by Crippen LogP contribution is 2.29. The molecule has 0 N–H and O–H groups in total. The molecule has 1 radical (unpaired) electrons. The molecular weight excluding hydrogens is 232 g/mol. The van der Waals surface area contributed by atoms with Crippen molar-refractivity contribution < 1.29 is 18.9 Å². The van der Waals surface area contributed by atoms with Gasteiger partial charge in [0.25, 0.3) is 0 Å². The summed E-state index contributed by atoms with van der Waals surface area (Å²) in [6.45, 7) is 3.99. The van der Waals surface area contributed by atoms with Crippen LogP contribution < -0.4 is 9.47 Å². The molecule has 0 aliphatic carbocycles. The average molecular weight is 253 g/mol. The third-order valence-corrected chi connectivity index (χ3v) is 2.50. The predicted molar refractivity (Wildman–Crippen MR) is 68.7 cm³/mol. The van der Waals surface area contributed by atoms with Crippen molar-refractivity contribution in [1.82, 2.24) is 0 Å². The molecule has 0 amide bonds. The maximum absolute atomic E-state index is 5.71. The number of ether oxygens (including phenoxy) is 4. The van der Waals surface area contributed by atoms with Gasteiger partial charge in [0.2, 0.25) is 0 Å². The largest absolute Gasteiger partial charge is 0.461 e. The van der Waals surface area contributed by atoms with Crippen LogP contribution in [0.3, 0.4) is 0 Å². The maximum Gasteiger partial charge on any atom is 0.199 e. The fraction of sp³-hybridized carbons (Fsp3) is 0.571. The molecule has 2 atom stereocenters. The molecule has 1 rings (SSSR count). The summed E-state index contributed by atoms with van der Waals surface area (Å²) in [5, 5.41) is 0. The lowest BCUT2D eigenvalue weighted by Gasteiger charge is -2.21. The summed E-state index contributed by atoms with van der Waals surface area (Å²) in [7, 11) is 3.24. The Morgan fingerprint density at radius 3 is 2.06 bits per heavy atom. The van der Waals surface area contributed by atoms with Crippen molar-refractivity contribution in [2.24, 2.45) is 0 Å². The minimum atomic E-state index is -0.286. The van der Waals surface area contributed by atoms with Crippen molar-refractivity contribution in [2.45, 2.75) is 39.3 Å². The number of hydrogen-bond donors (Lipinski definition) is 0. The molecule has 0 heterocycles. The molecule has 0 bridgehead atoms. The lowest BCUT2D eigenvalue weighted by molar-refractivity contribution is -0.0711. The normalized spacial score (nSPS) is 14.0. The van der Waals surface area contributed by atoms with Crippen molar-refractivity contribution in [2.75, 3.05) is 14.2 Å². The molecule has 0 saturated heterocycles. The zero-order valence-corrected chi connectivity index (χ0v) is 11.4. The van der Waals surface area contributed by atoms with Gasteiger partial charge in [-0.2, -0.15) is 0 Å². The van der Waals surface area contributed by atoms with Crippen LogP contribution in [0.15, 0.2) is 18.2 Å². The molecule has 4 nitrogen and oxygen atoms in total. The molecule has 0 aromatic heterocycles. The third-order valence-electron chi connectivity index (χ3n) is 2.50. The molecule has 0 aliphatic rings. The van der Waals surface area contributed by atoms with Crippen molar-refractivity contribution in [3.05, 3.63) is 24.3 Å². The standard InChI is InChI=1S/C14H21O4/c1-5-13(15-3)17-11-9-7-8-10-12(11)18-14(6-2)16-4/h7,9-10,13-14H,5-6H2,1-4H3. The van der Waals surface area contributed by atoms with Gasteiger partial charge in [0.05, 0.1) is 0 Å². The van der Waals surface area contributed by atoms with E-state index >= 15 is 0 Å². The molecule has 2 unspecified atom stereocenters. The summed E-state index contributed by atoms with van der Waals surface area (Å²) in [5.74, 6) is 1.25. The molecule has 4 heteroatoms. The highest BCUT2D eigenvalue weighted by atomic mass is 16.7. The van der Waals surface area contributed by atoms with Gasteiger partial charge in [-0.3, -0.25) is 0 Å². The number of rotatable bonds is 8. The first kappa shape index (κ1) is 14.8. The fourth-order valence-corrected chi connectivity index (χ4v) is 1.47. The molecule has 1 aromatic carbocycles. The molecule has 0 aliphatic heterocycles. The van der Waals surface area contributed by atoms with Gasteiger partial charge in [0.1, 0.15) is 0 Å². The van der Waals surface area contributed by atoms with Crippen molar-refractivity contribution >= 4 is 0 Å². The van der Waals surface area contributed by atoms with E-state index in [4.69, 9.17) is 18.9 Å². The highest BCUT2D eigenvalue weighted by Gasteiger charge is 2.13. The van der Waals surface area contributed by atoms with Crippen LogP contribution in [0.25, 0.3) is 0 Å². The maximum atomic E-state index is 5.71. The second-order valence-corrected chi connectivity index (χ2v) is 3.76. The van der Waals surface area contributed by atoms with E-state index < -0.39 is 0 Å². The lowest BCUT2D eigenvalue weighted by Crippen LogP contribution is -2.20. The predicted octanol–water partition coefficient (Wildman–Crippen LogP) is 3.01. The fourth-order valence-electron chi connectivity index (χ4n) is 1.47. The van der Waals surface area contributed by atoms with Crippen molar-refractivity contribution in [1.29, 1.82) is 0 Å². The Labute approximate surface area is 109 Å². The average Bonchev–Trinajstić information content (AvgIpc) is 2.43. The van der Waals surface area contributed by atoms with Crippen LogP contribution >= 0.6 is 0 Å². The smallest absolute Gasteiger partial charge is 0.199 e. The van der Waals surface area contributed by atoms with Gasteiger partial charge in [-0.25, -0.2) is 0 Å². The number of hydrogen-bond acceptors (Lipinski definition) is 4. The quantitative estimate of drug-likeness (QED) is 0.667. The van der Waals surface area contributed by atoms with Crippen molar-refractivity contribution in [3.63, 3.8) is 0 Å². The van der Waals surface area contributed by atoms with Crippen molar-refractivity contribution in [3.8, 4) is 11.5 Å². The van der Waals surface area contributed by atoms with E-state index in [0.29, 0.717) is 11.5 Å². The Bertz CT molecular complexity index is 299. The zero-order valence-electron chi connectivity index (χ0n) is 11.4. The monoisotopic (exact) mass is 253 g/mol. The van der Waals surface area contributed by atoms with Gasteiger partial charge in [0.15, 0.2) is 24.1 Å². The molecule has 18 heavy (non-hydrogen) atoms. The Morgan fingerprint density at radius 1 is 1.00 bits per heavy atom. The van der Waals surface area contributed by atoms with Gasteiger partial charge in [-0.1, -0.05) is 19.9 Å². The van der Waals surface area contributed by atoms with Gasteiger partial charge in [0, 0.05) is 27.1 Å². The van der Waals surface area contributed by atoms with Gasteiger partial charge >= 0.3 is 0 Å². The van der Waals surface area contributed by atoms with E-state index in [1.807, 2.05) is 13.8 Å². The Morgan fingerprint density at radius 2 is 1.56 bits per heavy atom. The number of benzene rings is 1. The van der Waals surface area contributed by atoms with Crippen LogP contribution in [0.5, 0.6) is 11.5 Å². The Hall–Kier alpha value is -1.26. The summed E-state index contributed by atoms with van der Waals surface area (Å²) in [6, 6.07) is 8.28. The minimum Gasteiger partial charge on any atom is -0.461 e. The Balaban J connectivity index is 2.78.